The number of aryl methyl sites for hydroxylation is 1. The van der Waals surface area contributed by atoms with Gasteiger partial charge >= 0.3 is 6.18 Å². The monoisotopic (exact) mass is 303 g/mol. The lowest BCUT2D eigenvalue weighted by Crippen LogP contribution is -2.17. The molecule has 0 saturated heterocycles. The summed E-state index contributed by atoms with van der Waals surface area (Å²) in [4.78, 5) is 0. The van der Waals surface area contributed by atoms with Crippen LogP contribution in [-0.4, -0.2) is 13.7 Å². The molecule has 0 aliphatic rings. The van der Waals surface area contributed by atoms with Crippen molar-refractivity contribution in [3.8, 4) is 5.75 Å². The lowest BCUT2D eigenvalue weighted by atomic mass is 9.84. The van der Waals surface area contributed by atoms with Crippen molar-refractivity contribution in [2.45, 2.75) is 51.6 Å². The number of benzene rings is 1. The van der Waals surface area contributed by atoms with Gasteiger partial charge in [0.1, 0.15) is 11.3 Å². The molecule has 1 rings (SSSR count). The zero-order chi connectivity index (χ0) is 16.3. The van der Waals surface area contributed by atoms with E-state index in [4.69, 9.17) is 10.5 Å². The van der Waals surface area contributed by atoms with E-state index in [9.17, 15) is 13.2 Å². The van der Waals surface area contributed by atoms with Gasteiger partial charge in [-0.2, -0.15) is 13.2 Å². The van der Waals surface area contributed by atoms with Crippen LogP contribution in [0.1, 0.15) is 50.3 Å². The maximum atomic E-state index is 13.3. The first-order valence-corrected chi connectivity index (χ1v) is 7.10. The van der Waals surface area contributed by atoms with E-state index in [0.29, 0.717) is 31.4 Å². The molecular formula is C16H24F3NO. The van der Waals surface area contributed by atoms with Crippen LogP contribution in [0.25, 0.3) is 0 Å². The molecule has 0 saturated carbocycles. The number of halogens is 3. The first kappa shape index (κ1) is 17.8. The number of alkyl halides is 3. The van der Waals surface area contributed by atoms with E-state index in [0.717, 1.165) is 5.56 Å². The van der Waals surface area contributed by atoms with Gasteiger partial charge in [0.25, 0.3) is 0 Å². The Bertz CT molecular complexity index is 476. The highest BCUT2D eigenvalue weighted by Gasteiger charge is 2.37. The van der Waals surface area contributed by atoms with Gasteiger partial charge in [-0.25, -0.2) is 0 Å². The Morgan fingerprint density at radius 2 is 1.71 bits per heavy atom. The van der Waals surface area contributed by atoms with Crippen molar-refractivity contribution in [1.82, 2.24) is 0 Å². The second-order valence-corrected chi connectivity index (χ2v) is 6.21. The molecule has 1 aromatic carbocycles. The van der Waals surface area contributed by atoms with Gasteiger partial charge in [0.05, 0.1) is 7.11 Å². The molecule has 0 radical (unpaired) electrons. The highest BCUT2D eigenvalue weighted by molar-refractivity contribution is 5.47. The number of hydrogen-bond donors (Lipinski definition) is 1. The molecule has 2 nitrogen and oxygen atoms in total. The predicted molar refractivity (Wildman–Crippen MR) is 78.7 cm³/mol. The van der Waals surface area contributed by atoms with Crippen LogP contribution in [0, 0.1) is 0 Å². The van der Waals surface area contributed by atoms with Gasteiger partial charge in [0, 0.05) is 0 Å². The Morgan fingerprint density at radius 1 is 1.10 bits per heavy atom. The molecule has 21 heavy (non-hydrogen) atoms. The van der Waals surface area contributed by atoms with Crippen molar-refractivity contribution in [3.63, 3.8) is 0 Å². The number of nitrogens with two attached hydrogens (primary N) is 1. The summed E-state index contributed by atoms with van der Waals surface area (Å²) in [6.45, 7) is 6.40. The van der Waals surface area contributed by atoms with Crippen molar-refractivity contribution < 1.29 is 17.9 Å². The Morgan fingerprint density at radius 3 is 2.14 bits per heavy atom. The number of hydrogen-bond acceptors (Lipinski definition) is 2. The zero-order valence-corrected chi connectivity index (χ0v) is 13.1. The fourth-order valence-electron chi connectivity index (χ4n) is 2.25. The fourth-order valence-corrected chi connectivity index (χ4v) is 2.25. The van der Waals surface area contributed by atoms with Gasteiger partial charge < -0.3 is 10.5 Å². The summed E-state index contributed by atoms with van der Waals surface area (Å²) in [6, 6.07) is 3.15. The molecule has 0 aliphatic carbocycles. The second-order valence-electron chi connectivity index (χ2n) is 6.21. The van der Waals surface area contributed by atoms with Crippen molar-refractivity contribution in [2.75, 3.05) is 13.7 Å². The van der Waals surface area contributed by atoms with Crippen LogP contribution < -0.4 is 10.5 Å². The zero-order valence-electron chi connectivity index (χ0n) is 13.1. The largest absolute Gasteiger partial charge is 0.496 e. The average Bonchev–Trinajstić information content (AvgIpc) is 2.35. The van der Waals surface area contributed by atoms with Crippen LogP contribution in [0.15, 0.2) is 12.1 Å². The number of ether oxygens (including phenoxy) is 1. The van der Waals surface area contributed by atoms with Crippen molar-refractivity contribution in [2.24, 2.45) is 5.73 Å². The summed E-state index contributed by atoms with van der Waals surface area (Å²) in [5.41, 5.74) is 5.67. The molecule has 0 heterocycles. The highest BCUT2D eigenvalue weighted by atomic mass is 19.4. The molecule has 0 spiro atoms. The van der Waals surface area contributed by atoms with E-state index in [1.807, 2.05) is 20.8 Å². The molecule has 5 heteroatoms. The molecule has 120 valence electrons. The van der Waals surface area contributed by atoms with Gasteiger partial charge in [-0.05, 0) is 48.4 Å². The van der Waals surface area contributed by atoms with E-state index in [1.54, 1.807) is 6.07 Å². The van der Waals surface area contributed by atoms with E-state index < -0.39 is 11.7 Å². The first-order valence-electron chi connectivity index (χ1n) is 7.10. The number of unbranched alkanes of at least 4 members (excludes halogenated alkanes) is 1. The lowest BCUT2D eigenvalue weighted by Gasteiger charge is -2.24. The van der Waals surface area contributed by atoms with E-state index in [-0.39, 0.29) is 11.2 Å². The molecule has 0 fully saturated rings. The second kappa shape index (κ2) is 6.69. The van der Waals surface area contributed by atoms with Crippen LogP contribution in [0.3, 0.4) is 0 Å². The Kier molecular flexibility index (Phi) is 5.68. The predicted octanol–water partition coefficient (Wildman–Crippen LogP) is 4.29. The summed E-state index contributed by atoms with van der Waals surface area (Å²) >= 11 is 0. The first-order chi connectivity index (χ1) is 9.61. The van der Waals surface area contributed by atoms with E-state index >= 15 is 0 Å². The van der Waals surface area contributed by atoms with Gasteiger partial charge in [0.15, 0.2) is 0 Å². The minimum absolute atomic E-state index is 0.0994. The van der Waals surface area contributed by atoms with Crippen LogP contribution in [0.4, 0.5) is 13.2 Å². The van der Waals surface area contributed by atoms with Gasteiger partial charge in [-0.1, -0.05) is 26.8 Å². The Hall–Kier alpha value is -1.23. The van der Waals surface area contributed by atoms with Crippen molar-refractivity contribution >= 4 is 0 Å². The summed E-state index contributed by atoms with van der Waals surface area (Å²) in [5, 5.41) is 0. The maximum absolute atomic E-state index is 13.3. The van der Waals surface area contributed by atoms with Gasteiger partial charge in [0.2, 0.25) is 0 Å². The summed E-state index contributed by atoms with van der Waals surface area (Å²) in [7, 11) is 1.28. The lowest BCUT2D eigenvalue weighted by molar-refractivity contribution is -0.139. The maximum Gasteiger partial charge on any atom is 0.420 e. The number of methoxy groups -OCH3 is 1. The number of rotatable bonds is 5. The minimum Gasteiger partial charge on any atom is -0.496 e. The Balaban J connectivity index is 3.38. The third-order valence-electron chi connectivity index (χ3n) is 3.45. The molecule has 0 amide bonds. The molecule has 0 aromatic heterocycles. The molecule has 0 atom stereocenters. The Labute approximate surface area is 124 Å². The SMILES string of the molecule is COc1cc(C(C)(C)C)cc(CCCCN)c1C(F)(F)F. The van der Waals surface area contributed by atoms with Crippen LogP contribution >= 0.6 is 0 Å². The van der Waals surface area contributed by atoms with Crippen LogP contribution in [-0.2, 0) is 18.0 Å². The average molecular weight is 303 g/mol. The topological polar surface area (TPSA) is 35.2 Å². The van der Waals surface area contributed by atoms with E-state index in [1.165, 1.54) is 13.2 Å². The quantitative estimate of drug-likeness (QED) is 0.823. The standard InChI is InChI=1S/C16H24F3NO/c1-15(2,3)12-9-11(7-5-6-8-20)14(16(17,18)19)13(10-12)21-4/h9-10H,5-8,20H2,1-4H3. The summed E-state index contributed by atoms with van der Waals surface area (Å²) < 4.78 is 45.0. The highest BCUT2D eigenvalue weighted by Crippen LogP contribution is 2.41. The van der Waals surface area contributed by atoms with Gasteiger partial charge in [-0.3, -0.25) is 0 Å². The molecule has 0 aliphatic heterocycles. The molecule has 1 aromatic rings. The molecule has 2 N–H and O–H groups in total. The minimum atomic E-state index is -4.42. The smallest absolute Gasteiger partial charge is 0.420 e. The molecule has 0 bridgehead atoms. The summed E-state index contributed by atoms with van der Waals surface area (Å²) in [6.07, 6.45) is -2.72. The van der Waals surface area contributed by atoms with Crippen molar-refractivity contribution in [3.05, 3.63) is 28.8 Å². The fraction of sp³-hybridized carbons (Fsp3) is 0.625. The van der Waals surface area contributed by atoms with Crippen LogP contribution in [0.2, 0.25) is 0 Å². The van der Waals surface area contributed by atoms with Crippen molar-refractivity contribution in [1.29, 1.82) is 0 Å². The van der Waals surface area contributed by atoms with Crippen LogP contribution in [0.5, 0.6) is 5.75 Å². The molecule has 0 unspecified atom stereocenters. The third kappa shape index (κ3) is 4.63. The third-order valence-corrected chi connectivity index (χ3v) is 3.45. The van der Waals surface area contributed by atoms with E-state index in [2.05, 4.69) is 0 Å². The van der Waals surface area contributed by atoms with Gasteiger partial charge in [-0.15, -0.1) is 0 Å². The summed E-state index contributed by atoms with van der Waals surface area (Å²) in [5.74, 6) is -0.0994. The molecular weight excluding hydrogens is 279 g/mol. The normalized spacial score (nSPS) is 12.6.